The van der Waals surface area contributed by atoms with Crippen molar-refractivity contribution >= 4 is 167 Å². The van der Waals surface area contributed by atoms with Gasteiger partial charge in [0.1, 0.15) is 0 Å². The average Bonchev–Trinajstić information content (AvgIpc) is 1.55. The van der Waals surface area contributed by atoms with Gasteiger partial charge < -0.3 is 14.7 Å². The first-order valence-electron chi connectivity index (χ1n) is 47.5. The van der Waals surface area contributed by atoms with Crippen molar-refractivity contribution in [1.82, 2.24) is 0 Å². The standard InChI is InChI=1S/C45H33NS.2C43H31NS/c1-45(2)40-27-25-36(29-39(40)37-26-28-42-43(44(37)45)38-15-9-10-16-41(38)47-42)46(34-21-17-32(18-22-34)30-11-5-3-6-12-30)35-23-19-33(20-24-35)31-13-7-4-8-14-31;1-43(2)38-24-22-34(27-37(38)35-23-25-40-41(42(35)43)36-14-8-9-15-39(36)45-40)44(32-12-4-3-5-13-32)33-20-18-29(19-21-33)31-17-16-28-10-6-7-11-30(28)26-31;1-43(2)38-27-34(22-23-35(38)36-24-25-40-41(42(36)43)37-14-8-9-15-39(37)45-40)44(32-12-4-3-5-13-32)33-20-18-29(19-21-33)31-17-16-28-10-6-7-11-30(28)26-31/h3-29H,1-2H3;2*3-27H,1-2H3. The molecule has 0 saturated carbocycles. The number of rotatable bonds is 13. The number of para-hydroxylation sites is 2. The number of hydrogen-bond donors (Lipinski definition) is 0. The topological polar surface area (TPSA) is 9.72 Å². The Labute approximate surface area is 811 Å². The molecule has 0 saturated heterocycles. The molecule has 24 aromatic rings. The third-order valence-electron chi connectivity index (χ3n) is 29.1. The predicted molar refractivity (Wildman–Crippen MR) is 591 cm³/mol. The Kier molecular flexibility index (Phi) is 20.2. The molecule has 3 heterocycles. The number of nitrogens with zero attached hydrogens (tertiary/aromatic N) is 3. The number of hydrogen-bond acceptors (Lipinski definition) is 6. The fourth-order valence-corrected chi connectivity index (χ4v) is 25.8. The lowest BCUT2D eigenvalue weighted by atomic mass is 9.80. The Morgan fingerprint density at radius 1 is 0.161 bits per heavy atom. The first-order chi connectivity index (χ1) is 67.2. The summed E-state index contributed by atoms with van der Waals surface area (Å²) in [6.07, 6.45) is 0. The normalized spacial score (nSPS) is 13.2. The van der Waals surface area contributed by atoms with Crippen LogP contribution in [0.3, 0.4) is 0 Å². The van der Waals surface area contributed by atoms with Crippen molar-refractivity contribution in [2.24, 2.45) is 0 Å². The Bertz CT molecular complexity index is 8750. The summed E-state index contributed by atoms with van der Waals surface area (Å²) in [6, 6.07) is 171. The number of benzene rings is 21. The highest BCUT2D eigenvalue weighted by Crippen LogP contribution is 2.60. The lowest BCUT2D eigenvalue weighted by Gasteiger charge is -2.28. The molecule has 3 aliphatic rings. The van der Waals surface area contributed by atoms with E-state index in [1.807, 2.05) is 34.0 Å². The molecule has 21 aromatic carbocycles. The van der Waals surface area contributed by atoms with Crippen molar-refractivity contribution in [3.8, 4) is 77.9 Å². The van der Waals surface area contributed by atoms with Crippen LogP contribution in [0.2, 0.25) is 0 Å². The van der Waals surface area contributed by atoms with E-state index in [-0.39, 0.29) is 16.2 Å². The molecule has 0 unspecified atom stereocenters. The molecule has 0 fully saturated rings. The molecule has 6 heteroatoms. The lowest BCUT2D eigenvalue weighted by Crippen LogP contribution is -2.17. The first kappa shape index (κ1) is 83.1. The van der Waals surface area contributed by atoms with Crippen molar-refractivity contribution in [2.45, 2.75) is 57.8 Å². The second kappa shape index (κ2) is 33.4. The van der Waals surface area contributed by atoms with E-state index in [9.17, 15) is 0 Å². The van der Waals surface area contributed by atoms with Crippen LogP contribution >= 0.6 is 34.0 Å². The molecule has 0 radical (unpaired) electrons. The highest BCUT2D eigenvalue weighted by Gasteiger charge is 2.42. The van der Waals surface area contributed by atoms with Gasteiger partial charge in [-0.2, -0.15) is 0 Å². The van der Waals surface area contributed by atoms with Crippen molar-refractivity contribution in [1.29, 1.82) is 0 Å². The fourth-order valence-electron chi connectivity index (χ4n) is 22.5. The summed E-state index contributed by atoms with van der Waals surface area (Å²) in [5, 5.41) is 13.4. The Morgan fingerprint density at radius 2 is 0.416 bits per heavy atom. The molecule has 0 spiro atoms. The van der Waals surface area contributed by atoms with E-state index in [1.54, 1.807) is 0 Å². The van der Waals surface area contributed by atoms with Gasteiger partial charge in [-0.1, -0.05) is 351 Å². The highest BCUT2D eigenvalue weighted by molar-refractivity contribution is 7.26. The largest absolute Gasteiger partial charge is 0.310 e. The molecular formula is C131H95N3S3. The van der Waals surface area contributed by atoms with Gasteiger partial charge in [-0.25, -0.2) is 0 Å². The minimum Gasteiger partial charge on any atom is -0.310 e. The predicted octanol–water partition coefficient (Wildman–Crippen LogP) is 38.5. The Balaban J connectivity index is 0.000000109. The molecule has 27 rings (SSSR count). The molecule has 0 N–H and O–H groups in total. The summed E-state index contributed by atoms with van der Waals surface area (Å²) in [6.45, 7) is 14.4. The zero-order chi connectivity index (χ0) is 91.8. The molecule has 0 atom stereocenters. The summed E-state index contributed by atoms with van der Waals surface area (Å²) in [4.78, 5) is 7.17. The molecule has 3 aromatic heterocycles. The summed E-state index contributed by atoms with van der Waals surface area (Å²) >= 11 is 5.70. The van der Waals surface area contributed by atoms with Gasteiger partial charge in [0, 0.05) is 128 Å². The SMILES string of the molecule is CC1(C)c2cc(N(c3ccccc3)c3ccc(-c4ccc5ccccc5c4)cc3)ccc2-c2ccc3sc4ccccc4c3c21.CC1(C)c2ccc(N(c3ccc(-c4ccccc4)cc3)c3ccc(-c4ccccc4)cc3)cc2-c2ccc3sc4ccccc4c3c21.CC1(C)c2ccc(N(c3ccccc3)c3ccc(-c4ccc5ccccc5c4)cc3)cc2-c2ccc3sc4ccccc4c3c21. The van der Waals surface area contributed by atoms with Crippen LogP contribution < -0.4 is 14.7 Å². The monoisotopic (exact) mass is 1810 g/mol. The molecule has 3 nitrogen and oxygen atoms in total. The summed E-state index contributed by atoms with van der Waals surface area (Å²) in [5.74, 6) is 0. The Morgan fingerprint density at radius 3 is 0.781 bits per heavy atom. The second-order valence-electron chi connectivity index (χ2n) is 38.2. The van der Waals surface area contributed by atoms with Crippen LogP contribution in [0.25, 0.3) is 160 Å². The van der Waals surface area contributed by atoms with E-state index in [0.29, 0.717) is 0 Å². The highest BCUT2D eigenvalue weighted by atomic mass is 32.1. The average molecular weight is 1810 g/mol. The van der Waals surface area contributed by atoms with Crippen LogP contribution in [0.15, 0.2) is 467 Å². The summed E-state index contributed by atoms with van der Waals surface area (Å²) in [7, 11) is 0. The van der Waals surface area contributed by atoms with Crippen molar-refractivity contribution in [3.05, 3.63) is 500 Å². The number of thiophene rings is 3. The van der Waals surface area contributed by atoms with Gasteiger partial charge in [0.25, 0.3) is 0 Å². The maximum atomic E-state index is 2.43. The number of fused-ring (bicyclic) bond motifs is 23. The second-order valence-corrected chi connectivity index (χ2v) is 41.4. The van der Waals surface area contributed by atoms with E-state index < -0.39 is 0 Å². The van der Waals surface area contributed by atoms with Crippen LogP contribution in [0, 0.1) is 0 Å². The zero-order valence-electron chi connectivity index (χ0n) is 77.0. The van der Waals surface area contributed by atoms with E-state index in [1.165, 1.54) is 199 Å². The van der Waals surface area contributed by atoms with Crippen LogP contribution in [-0.2, 0) is 16.2 Å². The van der Waals surface area contributed by atoms with E-state index >= 15 is 0 Å². The smallest absolute Gasteiger partial charge is 0.0468 e. The zero-order valence-corrected chi connectivity index (χ0v) is 79.5. The molecule has 652 valence electrons. The minimum atomic E-state index is -0.133. The molecule has 3 aliphatic carbocycles. The Hall–Kier alpha value is -15.8. The third-order valence-corrected chi connectivity index (χ3v) is 32.5. The molecular weight excluding hydrogens is 1710 g/mol. The lowest BCUT2D eigenvalue weighted by molar-refractivity contribution is 0.666. The van der Waals surface area contributed by atoms with Gasteiger partial charge in [0.15, 0.2) is 0 Å². The molecule has 0 amide bonds. The minimum absolute atomic E-state index is 0.0916. The quantitative estimate of drug-likeness (QED) is 0.114. The van der Waals surface area contributed by atoms with Gasteiger partial charge in [-0.3, -0.25) is 0 Å². The van der Waals surface area contributed by atoms with Crippen molar-refractivity contribution < 1.29 is 0 Å². The molecule has 137 heavy (non-hydrogen) atoms. The van der Waals surface area contributed by atoms with Gasteiger partial charge in [-0.15, -0.1) is 34.0 Å². The van der Waals surface area contributed by atoms with E-state index in [0.717, 1.165) is 45.5 Å². The summed E-state index contributed by atoms with van der Waals surface area (Å²) < 4.78 is 8.17. The van der Waals surface area contributed by atoms with Crippen molar-refractivity contribution in [2.75, 3.05) is 14.7 Å². The van der Waals surface area contributed by atoms with Crippen LogP contribution in [0.4, 0.5) is 51.2 Å². The van der Waals surface area contributed by atoms with Crippen LogP contribution in [-0.4, -0.2) is 0 Å². The van der Waals surface area contributed by atoms with E-state index in [4.69, 9.17) is 0 Å². The maximum absolute atomic E-state index is 2.43. The summed E-state index contributed by atoms with van der Waals surface area (Å²) in [5.41, 5.74) is 36.4. The van der Waals surface area contributed by atoms with E-state index in [2.05, 4.69) is 523 Å². The maximum Gasteiger partial charge on any atom is 0.0468 e. The van der Waals surface area contributed by atoms with Crippen LogP contribution in [0.1, 0.15) is 74.9 Å². The van der Waals surface area contributed by atoms with Gasteiger partial charge in [-0.05, 0) is 291 Å². The van der Waals surface area contributed by atoms with Gasteiger partial charge in [0.2, 0.25) is 0 Å². The van der Waals surface area contributed by atoms with Crippen LogP contribution in [0.5, 0.6) is 0 Å². The van der Waals surface area contributed by atoms with Gasteiger partial charge in [0.05, 0.1) is 0 Å². The van der Waals surface area contributed by atoms with Gasteiger partial charge >= 0.3 is 0 Å². The first-order valence-corrected chi connectivity index (χ1v) is 49.9. The number of anilines is 9. The molecule has 0 bridgehead atoms. The third kappa shape index (κ3) is 14.3. The molecule has 0 aliphatic heterocycles. The fraction of sp³-hybridized carbons (Fsp3) is 0.0687. The van der Waals surface area contributed by atoms with Crippen molar-refractivity contribution in [3.63, 3.8) is 0 Å².